The van der Waals surface area contributed by atoms with Gasteiger partial charge in [0.25, 0.3) is 0 Å². The van der Waals surface area contributed by atoms with E-state index in [1.807, 2.05) is 19.1 Å². The number of nitrogens with zero attached hydrogens (tertiary/aromatic N) is 1. The van der Waals surface area contributed by atoms with Crippen LogP contribution in [-0.4, -0.2) is 24.5 Å². The quantitative estimate of drug-likeness (QED) is 0.608. The standard InChI is InChI=1S/C13H13NO2S/c1-9(2)6-14-11-4-3-10(7-15)5-12(11)17-8-13(14)16/h3-5,7H,1,6,8H2,2H3. The van der Waals surface area contributed by atoms with Crippen LogP contribution in [0.25, 0.3) is 0 Å². The van der Waals surface area contributed by atoms with Crippen LogP contribution in [-0.2, 0) is 4.79 Å². The first-order valence-corrected chi connectivity index (χ1v) is 6.27. The Morgan fingerprint density at radius 2 is 2.35 bits per heavy atom. The summed E-state index contributed by atoms with van der Waals surface area (Å²) >= 11 is 1.48. The second-order valence-electron chi connectivity index (χ2n) is 4.07. The summed E-state index contributed by atoms with van der Waals surface area (Å²) in [5.74, 6) is 0.507. The van der Waals surface area contributed by atoms with Crippen LogP contribution in [0.5, 0.6) is 0 Å². The molecule has 3 nitrogen and oxygen atoms in total. The summed E-state index contributed by atoms with van der Waals surface area (Å²) in [4.78, 5) is 25.3. The highest BCUT2D eigenvalue weighted by molar-refractivity contribution is 8.00. The molecule has 0 atom stereocenters. The van der Waals surface area contributed by atoms with Gasteiger partial charge in [-0.2, -0.15) is 0 Å². The van der Waals surface area contributed by atoms with Gasteiger partial charge in [0.15, 0.2) is 0 Å². The van der Waals surface area contributed by atoms with Crippen LogP contribution >= 0.6 is 11.8 Å². The van der Waals surface area contributed by atoms with Crippen LogP contribution in [0.2, 0.25) is 0 Å². The van der Waals surface area contributed by atoms with E-state index in [0.29, 0.717) is 17.9 Å². The van der Waals surface area contributed by atoms with Crippen molar-refractivity contribution in [2.24, 2.45) is 0 Å². The Balaban J connectivity index is 2.41. The lowest BCUT2D eigenvalue weighted by molar-refractivity contribution is -0.116. The highest BCUT2D eigenvalue weighted by Crippen LogP contribution is 2.35. The summed E-state index contributed by atoms with van der Waals surface area (Å²) in [6.07, 6.45) is 0.820. The van der Waals surface area contributed by atoms with Gasteiger partial charge in [-0.1, -0.05) is 12.2 Å². The maximum absolute atomic E-state index is 11.8. The molecule has 1 amide bonds. The Hall–Kier alpha value is -1.55. The molecule has 0 aromatic heterocycles. The Morgan fingerprint density at radius 3 is 3.00 bits per heavy atom. The predicted octanol–water partition coefficient (Wildman–Crippen LogP) is 2.51. The van der Waals surface area contributed by atoms with E-state index in [1.54, 1.807) is 11.0 Å². The molecular weight excluding hydrogens is 234 g/mol. The Morgan fingerprint density at radius 1 is 1.59 bits per heavy atom. The molecule has 1 aromatic rings. The minimum absolute atomic E-state index is 0.0874. The molecule has 0 radical (unpaired) electrons. The predicted molar refractivity (Wildman–Crippen MR) is 69.7 cm³/mol. The second kappa shape index (κ2) is 4.75. The first-order valence-electron chi connectivity index (χ1n) is 5.28. The van der Waals surface area contributed by atoms with E-state index in [1.165, 1.54) is 11.8 Å². The van der Waals surface area contributed by atoms with Gasteiger partial charge in [0.05, 0.1) is 11.4 Å². The smallest absolute Gasteiger partial charge is 0.237 e. The second-order valence-corrected chi connectivity index (χ2v) is 5.09. The van der Waals surface area contributed by atoms with E-state index < -0.39 is 0 Å². The maximum Gasteiger partial charge on any atom is 0.237 e. The van der Waals surface area contributed by atoms with Crippen molar-refractivity contribution in [1.82, 2.24) is 0 Å². The number of aldehydes is 1. The first kappa shape index (κ1) is 11.9. The normalized spacial score (nSPS) is 14.4. The summed E-state index contributed by atoms with van der Waals surface area (Å²) < 4.78 is 0. The van der Waals surface area contributed by atoms with Gasteiger partial charge < -0.3 is 4.90 Å². The molecule has 1 aliphatic rings. The third-order valence-electron chi connectivity index (χ3n) is 2.49. The molecule has 0 bridgehead atoms. The minimum atomic E-state index is 0.0874. The molecule has 1 aromatic carbocycles. The van der Waals surface area contributed by atoms with Crippen molar-refractivity contribution >= 4 is 29.6 Å². The van der Waals surface area contributed by atoms with E-state index in [2.05, 4.69) is 6.58 Å². The number of thioether (sulfide) groups is 1. The molecule has 0 saturated carbocycles. The highest BCUT2D eigenvalue weighted by Gasteiger charge is 2.24. The summed E-state index contributed by atoms with van der Waals surface area (Å²) in [5.41, 5.74) is 2.45. The van der Waals surface area contributed by atoms with Gasteiger partial charge in [-0.05, 0) is 25.1 Å². The number of carbonyl (C=O) groups is 2. The Bertz CT molecular complexity index is 496. The van der Waals surface area contributed by atoms with E-state index in [0.717, 1.165) is 22.4 Å². The molecule has 1 aliphatic heterocycles. The summed E-state index contributed by atoms with van der Waals surface area (Å²) in [7, 11) is 0. The molecule has 17 heavy (non-hydrogen) atoms. The lowest BCUT2D eigenvalue weighted by Gasteiger charge is -2.29. The fraction of sp³-hybridized carbons (Fsp3) is 0.231. The van der Waals surface area contributed by atoms with Crippen LogP contribution in [0.4, 0.5) is 5.69 Å². The average Bonchev–Trinajstić information content (AvgIpc) is 2.32. The SMILES string of the molecule is C=C(C)CN1C(=O)CSc2cc(C=O)ccc21. The summed E-state index contributed by atoms with van der Waals surface area (Å²) in [5, 5.41) is 0. The third kappa shape index (κ3) is 2.42. The van der Waals surface area contributed by atoms with Crippen molar-refractivity contribution in [2.45, 2.75) is 11.8 Å². The molecule has 0 fully saturated rings. The zero-order chi connectivity index (χ0) is 12.4. The molecule has 0 N–H and O–H groups in total. The van der Waals surface area contributed by atoms with E-state index in [9.17, 15) is 9.59 Å². The van der Waals surface area contributed by atoms with E-state index in [4.69, 9.17) is 0 Å². The lowest BCUT2D eigenvalue weighted by atomic mass is 10.2. The van der Waals surface area contributed by atoms with Crippen LogP contribution in [0.15, 0.2) is 35.2 Å². The number of hydrogen-bond acceptors (Lipinski definition) is 3. The molecule has 88 valence electrons. The van der Waals surface area contributed by atoms with Gasteiger partial charge in [-0.15, -0.1) is 11.8 Å². The number of fused-ring (bicyclic) bond motifs is 1. The van der Waals surface area contributed by atoms with Gasteiger partial charge in [-0.3, -0.25) is 9.59 Å². The topological polar surface area (TPSA) is 37.4 Å². The largest absolute Gasteiger partial charge is 0.306 e. The molecule has 4 heteroatoms. The molecule has 0 spiro atoms. The lowest BCUT2D eigenvalue weighted by Crippen LogP contribution is -2.36. The van der Waals surface area contributed by atoms with E-state index >= 15 is 0 Å². The first-order chi connectivity index (χ1) is 8.11. The van der Waals surface area contributed by atoms with Gasteiger partial charge >= 0.3 is 0 Å². The van der Waals surface area contributed by atoms with E-state index in [-0.39, 0.29) is 5.91 Å². The van der Waals surface area contributed by atoms with Gasteiger partial charge in [-0.25, -0.2) is 0 Å². The van der Waals surface area contributed by atoms with Crippen molar-refractivity contribution in [2.75, 3.05) is 17.2 Å². The highest BCUT2D eigenvalue weighted by atomic mass is 32.2. The molecule has 0 saturated heterocycles. The number of anilines is 1. The van der Waals surface area contributed by atoms with Crippen molar-refractivity contribution in [3.8, 4) is 0 Å². The van der Waals surface area contributed by atoms with Crippen LogP contribution < -0.4 is 4.90 Å². The number of carbonyl (C=O) groups excluding carboxylic acids is 2. The van der Waals surface area contributed by atoms with Crippen molar-refractivity contribution < 1.29 is 9.59 Å². The van der Waals surface area contributed by atoms with Crippen molar-refractivity contribution in [3.63, 3.8) is 0 Å². The molecule has 1 heterocycles. The Labute approximate surface area is 104 Å². The zero-order valence-electron chi connectivity index (χ0n) is 9.60. The number of hydrogen-bond donors (Lipinski definition) is 0. The molecule has 0 unspecified atom stereocenters. The number of amides is 1. The van der Waals surface area contributed by atoms with Gasteiger partial charge in [0.1, 0.15) is 6.29 Å². The van der Waals surface area contributed by atoms with Crippen LogP contribution in [0.1, 0.15) is 17.3 Å². The van der Waals surface area contributed by atoms with Crippen LogP contribution in [0, 0.1) is 0 Å². The van der Waals surface area contributed by atoms with Gasteiger partial charge in [0.2, 0.25) is 5.91 Å². The maximum atomic E-state index is 11.8. The third-order valence-corrected chi connectivity index (χ3v) is 3.52. The molecular formula is C13H13NO2S. The number of benzene rings is 1. The number of rotatable bonds is 3. The van der Waals surface area contributed by atoms with Crippen molar-refractivity contribution in [3.05, 3.63) is 35.9 Å². The molecule has 0 aliphatic carbocycles. The average molecular weight is 247 g/mol. The Kier molecular flexibility index (Phi) is 3.33. The van der Waals surface area contributed by atoms with Crippen LogP contribution in [0.3, 0.4) is 0 Å². The fourth-order valence-electron chi connectivity index (χ4n) is 1.74. The minimum Gasteiger partial charge on any atom is -0.306 e. The summed E-state index contributed by atoms with van der Waals surface area (Å²) in [6, 6.07) is 5.38. The monoisotopic (exact) mass is 247 g/mol. The molecule has 2 rings (SSSR count). The fourth-order valence-corrected chi connectivity index (χ4v) is 2.72. The van der Waals surface area contributed by atoms with Crippen molar-refractivity contribution in [1.29, 1.82) is 0 Å². The summed E-state index contributed by atoms with van der Waals surface area (Å²) in [6.45, 7) is 6.27. The zero-order valence-corrected chi connectivity index (χ0v) is 10.4. The van der Waals surface area contributed by atoms with Gasteiger partial charge in [0, 0.05) is 17.0 Å².